The predicted molar refractivity (Wildman–Crippen MR) is 123 cm³/mol. The minimum absolute atomic E-state index is 0.223. The van der Waals surface area contributed by atoms with Crippen LogP contribution in [0.25, 0.3) is 0 Å². The van der Waals surface area contributed by atoms with E-state index in [0.717, 1.165) is 25.7 Å². The molecular weight excluding hydrogens is 432 g/mol. The topological polar surface area (TPSA) is 115 Å². The molecule has 0 amide bonds. The Balaban J connectivity index is 0.000000442. The lowest BCUT2D eigenvalue weighted by Crippen LogP contribution is -2.05. The van der Waals surface area contributed by atoms with E-state index in [0.29, 0.717) is 0 Å². The zero-order valence-corrected chi connectivity index (χ0v) is 18.7. The molecule has 2 atom stereocenters. The summed E-state index contributed by atoms with van der Waals surface area (Å²) in [6, 6.07) is 20.4. The summed E-state index contributed by atoms with van der Waals surface area (Å²) in [6.07, 6.45) is 3.39. The molecule has 164 valence electrons. The lowest BCUT2D eigenvalue weighted by Gasteiger charge is -2.07. The first-order valence-electron chi connectivity index (χ1n) is 9.01. The number of thiol groups is 2. The molecule has 0 spiro atoms. The third kappa shape index (κ3) is 20.0. The molecule has 4 N–H and O–H groups in total. The number of hydrogen-bond donors (Lipinski definition) is 6. The zero-order chi connectivity index (χ0) is 22.1. The molecule has 2 unspecified atom stereocenters. The van der Waals surface area contributed by atoms with Gasteiger partial charge in [-0.3, -0.25) is 9.11 Å². The highest BCUT2D eigenvalue weighted by molar-refractivity contribution is 7.81. The van der Waals surface area contributed by atoms with Gasteiger partial charge < -0.3 is 10.2 Å². The van der Waals surface area contributed by atoms with Gasteiger partial charge >= 0.3 is 10.4 Å². The van der Waals surface area contributed by atoms with Gasteiger partial charge in [-0.2, -0.15) is 33.7 Å². The minimum atomic E-state index is -4.67. The van der Waals surface area contributed by atoms with Crippen molar-refractivity contribution in [3.05, 3.63) is 71.8 Å². The summed E-state index contributed by atoms with van der Waals surface area (Å²) >= 11 is 8.72. The lowest BCUT2D eigenvalue weighted by molar-refractivity contribution is 0.286. The molecule has 0 aromatic heterocycles. The van der Waals surface area contributed by atoms with Crippen LogP contribution in [0.3, 0.4) is 0 Å². The smallest absolute Gasteiger partial charge is 0.394 e. The van der Waals surface area contributed by atoms with Gasteiger partial charge in [-0.1, -0.05) is 60.7 Å². The molecule has 0 heterocycles. The Morgan fingerprint density at radius 3 is 1.21 bits per heavy atom. The van der Waals surface area contributed by atoms with E-state index in [2.05, 4.69) is 49.5 Å². The van der Waals surface area contributed by atoms with Crippen LogP contribution in [-0.4, -0.2) is 51.4 Å². The van der Waals surface area contributed by atoms with Crippen LogP contribution >= 0.6 is 25.3 Å². The molecule has 9 heteroatoms. The number of aliphatic hydroxyl groups is 2. The monoisotopic (exact) mass is 462 g/mol. The number of benzene rings is 2. The molecule has 2 aromatic carbocycles. The van der Waals surface area contributed by atoms with Gasteiger partial charge in [0.15, 0.2) is 0 Å². The molecule has 0 fully saturated rings. The van der Waals surface area contributed by atoms with Crippen molar-refractivity contribution in [1.29, 1.82) is 0 Å². The van der Waals surface area contributed by atoms with Crippen molar-refractivity contribution in [2.24, 2.45) is 0 Å². The fraction of sp³-hybridized carbons (Fsp3) is 0.400. The van der Waals surface area contributed by atoms with Crippen molar-refractivity contribution in [2.45, 2.75) is 36.2 Å². The summed E-state index contributed by atoms with van der Waals surface area (Å²) in [5.74, 6) is 0. The normalized spacial score (nSPS) is 12.6. The van der Waals surface area contributed by atoms with Crippen molar-refractivity contribution >= 4 is 35.7 Å². The summed E-state index contributed by atoms with van der Waals surface area (Å²) < 4.78 is 31.6. The van der Waals surface area contributed by atoms with Crippen molar-refractivity contribution < 1.29 is 27.7 Å². The first-order chi connectivity index (χ1) is 13.7. The van der Waals surface area contributed by atoms with Gasteiger partial charge in [0.2, 0.25) is 0 Å². The second-order valence-electron chi connectivity index (χ2n) is 6.16. The second-order valence-corrected chi connectivity index (χ2v) is 8.52. The largest absolute Gasteiger partial charge is 0.396 e. The highest BCUT2D eigenvalue weighted by atomic mass is 32.3. The van der Waals surface area contributed by atoms with Gasteiger partial charge in [0, 0.05) is 23.7 Å². The Morgan fingerprint density at radius 1 is 0.690 bits per heavy atom. The fourth-order valence-electron chi connectivity index (χ4n) is 2.27. The van der Waals surface area contributed by atoms with E-state index in [1.807, 2.05) is 36.4 Å². The average Bonchev–Trinajstić information content (AvgIpc) is 2.63. The van der Waals surface area contributed by atoms with Crippen LogP contribution in [0, 0.1) is 0 Å². The minimum Gasteiger partial charge on any atom is -0.396 e. The Morgan fingerprint density at radius 2 is 0.966 bits per heavy atom. The molecule has 0 aliphatic carbocycles. The third-order valence-electron chi connectivity index (χ3n) is 3.55. The predicted octanol–water partition coefficient (Wildman–Crippen LogP) is 3.17. The molecule has 6 nitrogen and oxygen atoms in total. The van der Waals surface area contributed by atoms with Crippen LogP contribution < -0.4 is 0 Å². The maximum absolute atomic E-state index is 8.74. The average molecular weight is 463 g/mol. The first kappa shape index (κ1) is 27.9. The maximum atomic E-state index is 8.74. The Labute approximate surface area is 184 Å². The van der Waals surface area contributed by atoms with E-state index < -0.39 is 10.4 Å². The highest BCUT2D eigenvalue weighted by Gasteiger charge is 2.03. The molecular formula is C20H30O6S3. The van der Waals surface area contributed by atoms with Crippen LogP contribution in [0.2, 0.25) is 0 Å². The maximum Gasteiger partial charge on any atom is 0.394 e. The van der Waals surface area contributed by atoms with Crippen LogP contribution in [-0.2, 0) is 23.2 Å². The van der Waals surface area contributed by atoms with E-state index >= 15 is 0 Å². The molecule has 0 radical (unpaired) electrons. The van der Waals surface area contributed by atoms with Crippen molar-refractivity contribution in [3.8, 4) is 0 Å². The molecule has 0 saturated carbocycles. The molecule has 0 saturated heterocycles. The quantitative estimate of drug-likeness (QED) is 0.265. The highest BCUT2D eigenvalue weighted by Crippen LogP contribution is 2.10. The summed E-state index contributed by atoms with van der Waals surface area (Å²) in [4.78, 5) is 0. The number of hydrogen-bond acceptors (Lipinski definition) is 6. The van der Waals surface area contributed by atoms with E-state index in [4.69, 9.17) is 27.7 Å². The number of rotatable bonds is 8. The molecule has 2 aromatic rings. The molecule has 2 rings (SSSR count). The molecule has 29 heavy (non-hydrogen) atoms. The number of aliphatic hydroxyl groups excluding tert-OH is 2. The van der Waals surface area contributed by atoms with Gasteiger partial charge in [0.25, 0.3) is 0 Å². The van der Waals surface area contributed by atoms with Crippen LogP contribution in [0.1, 0.15) is 24.0 Å². The van der Waals surface area contributed by atoms with Gasteiger partial charge in [-0.25, -0.2) is 0 Å². The zero-order valence-electron chi connectivity index (χ0n) is 16.1. The Hall–Kier alpha value is -1.07. The van der Waals surface area contributed by atoms with E-state index in [1.165, 1.54) is 11.1 Å². The van der Waals surface area contributed by atoms with Gasteiger partial charge in [0.05, 0.1) is 0 Å². The van der Waals surface area contributed by atoms with Crippen LogP contribution in [0.5, 0.6) is 0 Å². The standard InChI is InChI=1S/2C10H14OS.H2O4S/c2*11-7-6-10(12)8-9-4-2-1-3-5-9;1-5(2,3)4/h2*1-5,10-12H,6-8H2;(H2,1,2,3,4). The molecule has 0 aliphatic rings. The first-order valence-corrected chi connectivity index (χ1v) is 11.4. The van der Waals surface area contributed by atoms with E-state index in [-0.39, 0.29) is 23.7 Å². The summed E-state index contributed by atoms with van der Waals surface area (Å²) in [5.41, 5.74) is 2.57. The summed E-state index contributed by atoms with van der Waals surface area (Å²) in [6.45, 7) is 0.446. The summed E-state index contributed by atoms with van der Waals surface area (Å²) in [7, 11) is -4.67. The molecule has 0 bridgehead atoms. The van der Waals surface area contributed by atoms with E-state index in [1.54, 1.807) is 0 Å². The Bertz CT molecular complexity index is 669. The SMILES string of the molecule is O=S(=O)(O)O.OCCC(S)Cc1ccccc1.OCCC(S)Cc1ccccc1. The van der Waals surface area contributed by atoms with Gasteiger partial charge in [0.1, 0.15) is 0 Å². The Kier molecular flexibility index (Phi) is 16.1. The van der Waals surface area contributed by atoms with Gasteiger partial charge in [-0.05, 0) is 36.8 Å². The lowest BCUT2D eigenvalue weighted by atomic mass is 10.1. The van der Waals surface area contributed by atoms with Crippen molar-refractivity contribution in [1.82, 2.24) is 0 Å². The van der Waals surface area contributed by atoms with Crippen molar-refractivity contribution in [3.63, 3.8) is 0 Å². The second kappa shape index (κ2) is 16.7. The van der Waals surface area contributed by atoms with Crippen LogP contribution in [0.15, 0.2) is 60.7 Å². The third-order valence-corrected chi connectivity index (χ3v) is 4.43. The fourth-order valence-corrected chi connectivity index (χ4v) is 2.93. The van der Waals surface area contributed by atoms with E-state index in [9.17, 15) is 0 Å². The van der Waals surface area contributed by atoms with Crippen molar-refractivity contribution in [2.75, 3.05) is 13.2 Å². The molecule has 0 aliphatic heterocycles. The summed E-state index contributed by atoms with van der Waals surface area (Å²) in [5, 5.41) is 17.9. The van der Waals surface area contributed by atoms with Gasteiger partial charge in [-0.15, -0.1) is 0 Å². The van der Waals surface area contributed by atoms with Crippen LogP contribution in [0.4, 0.5) is 0 Å².